The highest BCUT2D eigenvalue weighted by atomic mass is 32.1. The highest BCUT2D eigenvalue weighted by Crippen LogP contribution is 2.37. The van der Waals surface area contributed by atoms with Gasteiger partial charge in [0.1, 0.15) is 0 Å². The van der Waals surface area contributed by atoms with E-state index in [4.69, 9.17) is 0 Å². The van der Waals surface area contributed by atoms with E-state index in [9.17, 15) is 4.79 Å². The molecule has 2 aliphatic rings. The van der Waals surface area contributed by atoms with E-state index in [1.807, 2.05) is 36.7 Å². The van der Waals surface area contributed by atoms with Crippen LogP contribution in [0.5, 0.6) is 0 Å². The second-order valence-electron chi connectivity index (χ2n) is 10.0. The second kappa shape index (κ2) is 9.92. The zero-order valence-corrected chi connectivity index (χ0v) is 20.7. The van der Waals surface area contributed by atoms with Gasteiger partial charge in [-0.2, -0.15) is 11.3 Å². The first-order chi connectivity index (χ1) is 17.3. The molecule has 2 atom stereocenters. The van der Waals surface area contributed by atoms with Crippen LogP contribution in [0, 0.1) is 5.92 Å². The summed E-state index contributed by atoms with van der Waals surface area (Å²) in [5.74, 6) is 1.66. The van der Waals surface area contributed by atoms with Gasteiger partial charge in [-0.05, 0) is 94.7 Å². The summed E-state index contributed by atoms with van der Waals surface area (Å²) in [6.07, 6.45) is 6.21. The Morgan fingerprint density at radius 2 is 1.71 bits per heavy atom. The number of amides is 1. The molecule has 2 aromatic carbocycles. The fourth-order valence-corrected chi connectivity index (χ4v) is 6.81. The number of rotatable bonds is 5. The minimum Gasteiger partial charge on any atom is -0.338 e. The van der Waals surface area contributed by atoms with Gasteiger partial charge in [0.05, 0.1) is 0 Å². The lowest BCUT2D eigenvalue weighted by Crippen LogP contribution is -2.38. The van der Waals surface area contributed by atoms with Crippen LogP contribution in [0.15, 0.2) is 83.8 Å². The summed E-state index contributed by atoms with van der Waals surface area (Å²) < 4.78 is 0. The van der Waals surface area contributed by atoms with Crippen LogP contribution < -0.4 is 0 Å². The molecular weight excluding hydrogens is 450 g/mol. The molecule has 35 heavy (non-hydrogen) atoms. The summed E-state index contributed by atoms with van der Waals surface area (Å²) in [4.78, 5) is 22.6. The Morgan fingerprint density at radius 1 is 0.914 bits per heavy atom. The minimum absolute atomic E-state index is 0.168. The Kier molecular flexibility index (Phi) is 6.36. The molecule has 0 N–H and O–H groups in total. The fourth-order valence-electron chi connectivity index (χ4n) is 6.08. The number of likely N-dealkylation sites (tertiary alicyclic amines) is 2. The summed E-state index contributed by atoms with van der Waals surface area (Å²) in [6, 6.07) is 20.9. The highest BCUT2D eigenvalue weighted by Gasteiger charge is 2.38. The Balaban J connectivity index is 1.18. The zero-order chi connectivity index (χ0) is 23.6. The van der Waals surface area contributed by atoms with Gasteiger partial charge in [-0.25, -0.2) is 0 Å². The molecule has 2 unspecified atom stereocenters. The molecule has 1 amide bonds. The average Bonchev–Trinajstić information content (AvgIpc) is 3.59. The molecule has 0 aliphatic carbocycles. The van der Waals surface area contributed by atoms with E-state index in [1.54, 1.807) is 11.3 Å². The molecule has 178 valence electrons. The number of carbonyl (C=O) groups excluding carboxylic acids is 1. The predicted octanol–water partition coefficient (Wildman–Crippen LogP) is 6.03. The molecule has 4 nitrogen and oxygen atoms in total. The van der Waals surface area contributed by atoms with Crippen LogP contribution in [0.4, 0.5) is 0 Å². The lowest BCUT2D eigenvalue weighted by molar-refractivity contribution is 0.0783. The van der Waals surface area contributed by atoms with Crippen LogP contribution in [-0.4, -0.2) is 53.4 Å². The second-order valence-corrected chi connectivity index (χ2v) is 10.8. The van der Waals surface area contributed by atoms with Gasteiger partial charge in [0.15, 0.2) is 0 Å². The number of hydrogen-bond acceptors (Lipinski definition) is 4. The summed E-state index contributed by atoms with van der Waals surface area (Å²) in [5, 5.41) is 6.62. The maximum Gasteiger partial charge on any atom is 0.254 e. The average molecular weight is 482 g/mol. The van der Waals surface area contributed by atoms with Gasteiger partial charge in [-0.15, -0.1) is 0 Å². The molecule has 2 aliphatic heterocycles. The van der Waals surface area contributed by atoms with E-state index in [-0.39, 0.29) is 5.91 Å². The van der Waals surface area contributed by atoms with Crippen molar-refractivity contribution in [2.75, 3.05) is 32.7 Å². The highest BCUT2D eigenvalue weighted by molar-refractivity contribution is 7.08. The van der Waals surface area contributed by atoms with E-state index < -0.39 is 0 Å². The standard InChI is InChI=1S/C30H31N3OS/c34-30(28-7-3-5-24-4-1-2-6-27(24)28)33-19-26(29(20-33)25-12-17-35-21-25)18-32-15-10-23(11-16-32)22-8-13-31-14-9-22/h1-9,12-14,17,21,23,26,29H,10-11,15-16,18-20H2. The van der Waals surface area contributed by atoms with Crippen molar-refractivity contribution >= 4 is 28.0 Å². The van der Waals surface area contributed by atoms with Crippen LogP contribution in [0.2, 0.25) is 0 Å². The molecule has 0 radical (unpaired) electrons. The molecule has 2 fully saturated rings. The van der Waals surface area contributed by atoms with E-state index in [1.165, 1.54) is 24.0 Å². The molecule has 4 aromatic rings. The predicted molar refractivity (Wildman–Crippen MR) is 143 cm³/mol. The number of aromatic nitrogens is 1. The molecule has 5 heteroatoms. The number of nitrogens with zero attached hydrogens (tertiary/aromatic N) is 3. The van der Waals surface area contributed by atoms with E-state index in [0.717, 1.165) is 49.1 Å². The Bertz CT molecular complexity index is 1280. The molecular formula is C30H31N3OS. The Hall–Kier alpha value is -3.02. The van der Waals surface area contributed by atoms with Crippen molar-refractivity contribution < 1.29 is 4.79 Å². The smallest absolute Gasteiger partial charge is 0.254 e. The normalized spacial score (nSPS) is 21.5. The van der Waals surface area contributed by atoms with Crippen molar-refractivity contribution in [3.63, 3.8) is 0 Å². The van der Waals surface area contributed by atoms with Crippen molar-refractivity contribution in [1.82, 2.24) is 14.8 Å². The maximum atomic E-state index is 13.7. The first-order valence-corrected chi connectivity index (χ1v) is 13.6. The minimum atomic E-state index is 0.168. The molecule has 0 spiro atoms. The van der Waals surface area contributed by atoms with Crippen LogP contribution in [0.25, 0.3) is 10.8 Å². The van der Waals surface area contributed by atoms with Crippen LogP contribution in [0.1, 0.15) is 46.2 Å². The number of fused-ring (bicyclic) bond motifs is 1. The van der Waals surface area contributed by atoms with E-state index in [2.05, 4.69) is 61.9 Å². The third-order valence-corrected chi connectivity index (χ3v) is 8.68. The van der Waals surface area contributed by atoms with Gasteiger partial charge >= 0.3 is 0 Å². The first kappa shape index (κ1) is 22.4. The van der Waals surface area contributed by atoms with Gasteiger partial charge in [-0.1, -0.05) is 36.4 Å². The summed E-state index contributed by atoms with van der Waals surface area (Å²) in [7, 11) is 0. The summed E-state index contributed by atoms with van der Waals surface area (Å²) >= 11 is 1.76. The van der Waals surface area contributed by atoms with Crippen molar-refractivity contribution in [1.29, 1.82) is 0 Å². The zero-order valence-electron chi connectivity index (χ0n) is 19.9. The SMILES string of the molecule is O=C(c1cccc2ccccc12)N1CC(CN2CCC(c3ccncc3)CC2)C(c2ccsc2)C1. The van der Waals surface area contributed by atoms with E-state index >= 15 is 0 Å². The third-order valence-electron chi connectivity index (χ3n) is 7.98. The molecule has 2 saturated heterocycles. The monoisotopic (exact) mass is 481 g/mol. The number of thiophene rings is 1. The quantitative estimate of drug-likeness (QED) is 0.349. The third kappa shape index (κ3) is 4.63. The van der Waals surface area contributed by atoms with E-state index in [0.29, 0.717) is 17.8 Å². The van der Waals surface area contributed by atoms with Gasteiger partial charge in [0.25, 0.3) is 5.91 Å². The molecule has 0 saturated carbocycles. The Labute approximate surface area is 211 Å². The van der Waals surface area contributed by atoms with Gasteiger partial charge in [0, 0.05) is 43.5 Å². The van der Waals surface area contributed by atoms with Gasteiger partial charge in [0.2, 0.25) is 0 Å². The van der Waals surface area contributed by atoms with Crippen molar-refractivity contribution in [2.24, 2.45) is 5.92 Å². The summed E-state index contributed by atoms with van der Waals surface area (Å²) in [5.41, 5.74) is 3.63. The molecule has 2 aromatic heterocycles. The molecule has 0 bridgehead atoms. The van der Waals surface area contributed by atoms with Crippen molar-refractivity contribution in [3.05, 3.63) is 101 Å². The molecule has 6 rings (SSSR count). The Morgan fingerprint density at radius 3 is 2.51 bits per heavy atom. The number of hydrogen-bond donors (Lipinski definition) is 0. The van der Waals surface area contributed by atoms with Crippen LogP contribution >= 0.6 is 11.3 Å². The summed E-state index contributed by atoms with van der Waals surface area (Å²) in [6.45, 7) is 4.93. The van der Waals surface area contributed by atoms with Crippen LogP contribution in [0.3, 0.4) is 0 Å². The lowest BCUT2D eigenvalue weighted by Gasteiger charge is -2.34. The van der Waals surface area contributed by atoms with Crippen LogP contribution in [-0.2, 0) is 0 Å². The van der Waals surface area contributed by atoms with Crippen molar-refractivity contribution in [2.45, 2.75) is 24.7 Å². The topological polar surface area (TPSA) is 36.4 Å². The van der Waals surface area contributed by atoms with Crippen molar-refractivity contribution in [3.8, 4) is 0 Å². The number of pyridine rings is 1. The van der Waals surface area contributed by atoms with Gasteiger partial charge < -0.3 is 9.80 Å². The fraction of sp³-hybridized carbons (Fsp3) is 0.333. The maximum absolute atomic E-state index is 13.7. The number of carbonyl (C=O) groups is 1. The largest absolute Gasteiger partial charge is 0.338 e. The first-order valence-electron chi connectivity index (χ1n) is 12.7. The lowest BCUT2D eigenvalue weighted by atomic mass is 9.87. The molecule has 4 heterocycles. The number of benzene rings is 2. The number of piperidine rings is 1. The van der Waals surface area contributed by atoms with Gasteiger partial charge in [-0.3, -0.25) is 9.78 Å².